The van der Waals surface area contributed by atoms with E-state index in [4.69, 9.17) is 18.9 Å². The molecule has 0 fully saturated rings. The summed E-state index contributed by atoms with van der Waals surface area (Å²) in [5.74, 6) is -1.34. The molecule has 0 aromatic heterocycles. The van der Waals surface area contributed by atoms with Crippen LogP contribution in [0.25, 0.3) is 0 Å². The Labute approximate surface area is 116 Å². The summed E-state index contributed by atoms with van der Waals surface area (Å²) < 4.78 is 21.9. The van der Waals surface area contributed by atoms with Gasteiger partial charge in [-0.25, -0.2) is 0 Å². The molecule has 0 bridgehead atoms. The summed E-state index contributed by atoms with van der Waals surface area (Å²) in [6, 6.07) is 0. The lowest BCUT2D eigenvalue weighted by molar-refractivity contribution is -0.270. The molecule has 0 heterocycles. The molecular weight excluding hydrogens is 248 g/mol. The number of hydrogen-bond acceptors (Lipinski definition) is 5. The van der Waals surface area contributed by atoms with E-state index in [0.717, 1.165) is 0 Å². The maximum atomic E-state index is 11.8. The highest BCUT2D eigenvalue weighted by Crippen LogP contribution is 2.29. The van der Waals surface area contributed by atoms with Crippen molar-refractivity contribution in [2.75, 3.05) is 33.0 Å². The minimum atomic E-state index is -0.967. The number of rotatable bonds is 11. The van der Waals surface area contributed by atoms with E-state index in [1.807, 2.05) is 27.7 Å². The molecule has 0 aliphatic rings. The fraction of sp³-hybridized carbons (Fsp3) is 0.929. The Bertz CT molecular complexity index is 236. The maximum absolute atomic E-state index is 11.8. The first-order valence-electron chi connectivity index (χ1n) is 7.07. The molecule has 0 aromatic rings. The van der Waals surface area contributed by atoms with Gasteiger partial charge in [0.15, 0.2) is 5.79 Å². The van der Waals surface area contributed by atoms with Gasteiger partial charge in [0.1, 0.15) is 0 Å². The Morgan fingerprint density at radius 1 is 1.00 bits per heavy atom. The lowest BCUT2D eigenvalue weighted by Gasteiger charge is -2.37. The Morgan fingerprint density at radius 2 is 1.58 bits per heavy atom. The SMILES string of the molecule is CCOC[C@H](C)C(CC(=O)OCC)(OCC)OCC. The zero-order chi connectivity index (χ0) is 14.7. The summed E-state index contributed by atoms with van der Waals surface area (Å²) in [6.07, 6.45) is 0.0801. The second-order valence-electron chi connectivity index (χ2n) is 4.22. The van der Waals surface area contributed by atoms with E-state index < -0.39 is 5.79 Å². The standard InChI is InChI=1S/C14H28O5/c1-6-16-11-12(5)14(18-8-3,19-9-4)10-13(15)17-7-2/h12H,6-11H2,1-5H3/t12-/m0/s1. The van der Waals surface area contributed by atoms with Crippen LogP contribution < -0.4 is 0 Å². The molecule has 114 valence electrons. The van der Waals surface area contributed by atoms with E-state index in [1.54, 1.807) is 6.92 Å². The van der Waals surface area contributed by atoms with Crippen LogP contribution in [0.15, 0.2) is 0 Å². The van der Waals surface area contributed by atoms with Gasteiger partial charge in [0, 0.05) is 25.7 Å². The average molecular weight is 276 g/mol. The Hall–Kier alpha value is -0.650. The van der Waals surface area contributed by atoms with Gasteiger partial charge in [-0.05, 0) is 27.7 Å². The Balaban J connectivity index is 4.87. The minimum absolute atomic E-state index is 0.0586. The predicted octanol–water partition coefficient (Wildman–Crippen LogP) is 2.38. The van der Waals surface area contributed by atoms with Crippen LogP contribution in [-0.4, -0.2) is 44.8 Å². The molecule has 0 rings (SSSR count). The van der Waals surface area contributed by atoms with Gasteiger partial charge in [-0.15, -0.1) is 0 Å². The molecular formula is C14H28O5. The zero-order valence-corrected chi connectivity index (χ0v) is 12.9. The summed E-state index contributed by atoms with van der Waals surface area (Å²) in [7, 11) is 0. The van der Waals surface area contributed by atoms with Crippen LogP contribution in [0, 0.1) is 5.92 Å². The number of carbonyl (C=O) groups is 1. The molecule has 0 saturated carbocycles. The lowest BCUT2D eigenvalue weighted by Crippen LogP contribution is -2.46. The highest BCUT2D eigenvalue weighted by Gasteiger charge is 2.41. The molecule has 0 spiro atoms. The van der Waals surface area contributed by atoms with Gasteiger partial charge in [-0.1, -0.05) is 6.92 Å². The number of hydrogen-bond donors (Lipinski definition) is 0. The summed E-state index contributed by atoms with van der Waals surface area (Å²) in [5, 5.41) is 0. The quantitative estimate of drug-likeness (QED) is 0.428. The third-order valence-corrected chi connectivity index (χ3v) is 2.80. The number of carbonyl (C=O) groups excluding carboxylic acids is 1. The first kappa shape index (κ1) is 18.4. The van der Waals surface area contributed by atoms with E-state index in [-0.39, 0.29) is 18.3 Å². The summed E-state index contributed by atoms with van der Waals surface area (Å²) in [4.78, 5) is 11.8. The van der Waals surface area contributed by atoms with Gasteiger partial charge in [-0.3, -0.25) is 4.79 Å². The van der Waals surface area contributed by atoms with Crippen LogP contribution in [0.2, 0.25) is 0 Å². The highest BCUT2D eigenvalue weighted by atomic mass is 16.7. The maximum Gasteiger partial charge on any atom is 0.311 e. The normalized spacial score (nSPS) is 13.3. The first-order valence-corrected chi connectivity index (χ1v) is 7.07. The molecule has 0 amide bonds. The molecule has 1 atom stereocenters. The van der Waals surface area contributed by atoms with Crippen molar-refractivity contribution in [2.45, 2.75) is 46.8 Å². The molecule has 0 aliphatic carbocycles. The topological polar surface area (TPSA) is 54.0 Å². The fourth-order valence-corrected chi connectivity index (χ4v) is 1.93. The third kappa shape index (κ3) is 6.36. The molecule has 0 saturated heterocycles. The second-order valence-corrected chi connectivity index (χ2v) is 4.22. The van der Waals surface area contributed by atoms with Gasteiger partial charge in [0.05, 0.1) is 19.6 Å². The zero-order valence-electron chi connectivity index (χ0n) is 12.9. The third-order valence-electron chi connectivity index (χ3n) is 2.80. The van der Waals surface area contributed by atoms with Gasteiger partial charge in [0.25, 0.3) is 0 Å². The van der Waals surface area contributed by atoms with Crippen LogP contribution in [0.4, 0.5) is 0 Å². The van der Waals surface area contributed by atoms with Crippen molar-refractivity contribution in [3.8, 4) is 0 Å². The van der Waals surface area contributed by atoms with Crippen molar-refractivity contribution in [3.63, 3.8) is 0 Å². The number of ether oxygens (including phenoxy) is 4. The molecule has 19 heavy (non-hydrogen) atoms. The van der Waals surface area contributed by atoms with E-state index in [9.17, 15) is 4.79 Å². The number of esters is 1. The van der Waals surface area contributed by atoms with E-state index in [2.05, 4.69) is 0 Å². The van der Waals surface area contributed by atoms with Crippen molar-refractivity contribution < 1.29 is 23.7 Å². The molecule has 0 unspecified atom stereocenters. The molecule has 5 heteroatoms. The largest absolute Gasteiger partial charge is 0.466 e. The molecule has 5 nitrogen and oxygen atoms in total. The molecule has 0 N–H and O–H groups in total. The van der Waals surface area contributed by atoms with Crippen LogP contribution >= 0.6 is 0 Å². The average Bonchev–Trinajstić information content (AvgIpc) is 2.36. The Kier molecular flexibility index (Phi) is 9.83. The molecule has 0 radical (unpaired) electrons. The monoisotopic (exact) mass is 276 g/mol. The van der Waals surface area contributed by atoms with Crippen molar-refractivity contribution in [2.24, 2.45) is 5.92 Å². The second kappa shape index (κ2) is 10.2. The van der Waals surface area contributed by atoms with Crippen LogP contribution in [-0.2, 0) is 23.7 Å². The highest BCUT2D eigenvalue weighted by molar-refractivity contribution is 5.70. The van der Waals surface area contributed by atoms with Gasteiger partial charge in [0.2, 0.25) is 0 Å². The van der Waals surface area contributed by atoms with Gasteiger partial charge in [-0.2, -0.15) is 0 Å². The first-order chi connectivity index (χ1) is 9.06. The lowest BCUT2D eigenvalue weighted by atomic mass is 9.97. The van der Waals surface area contributed by atoms with Gasteiger partial charge >= 0.3 is 5.97 Å². The van der Waals surface area contributed by atoms with Crippen LogP contribution in [0.3, 0.4) is 0 Å². The molecule has 0 aliphatic heterocycles. The summed E-state index contributed by atoms with van der Waals surface area (Å²) in [5.41, 5.74) is 0. The van der Waals surface area contributed by atoms with E-state index in [1.165, 1.54) is 0 Å². The van der Waals surface area contributed by atoms with Crippen molar-refractivity contribution in [1.29, 1.82) is 0 Å². The van der Waals surface area contributed by atoms with Gasteiger partial charge < -0.3 is 18.9 Å². The summed E-state index contributed by atoms with van der Waals surface area (Å²) in [6.45, 7) is 11.8. The Morgan fingerprint density at radius 3 is 2.00 bits per heavy atom. The minimum Gasteiger partial charge on any atom is -0.466 e. The van der Waals surface area contributed by atoms with E-state index >= 15 is 0 Å². The smallest absolute Gasteiger partial charge is 0.311 e. The fourth-order valence-electron chi connectivity index (χ4n) is 1.93. The van der Waals surface area contributed by atoms with Crippen LogP contribution in [0.1, 0.15) is 41.0 Å². The van der Waals surface area contributed by atoms with Crippen LogP contribution in [0.5, 0.6) is 0 Å². The van der Waals surface area contributed by atoms with E-state index in [0.29, 0.717) is 33.0 Å². The summed E-state index contributed by atoms with van der Waals surface area (Å²) >= 11 is 0. The molecule has 0 aromatic carbocycles. The van der Waals surface area contributed by atoms with Crippen molar-refractivity contribution >= 4 is 5.97 Å². The predicted molar refractivity (Wildman–Crippen MR) is 72.9 cm³/mol. The van der Waals surface area contributed by atoms with Crippen molar-refractivity contribution in [3.05, 3.63) is 0 Å². The van der Waals surface area contributed by atoms with Crippen molar-refractivity contribution in [1.82, 2.24) is 0 Å².